The van der Waals surface area contributed by atoms with Gasteiger partial charge >= 0.3 is 6.03 Å². The zero-order valence-electron chi connectivity index (χ0n) is 12.8. The number of amides is 2. The van der Waals surface area contributed by atoms with Crippen LogP contribution in [-0.2, 0) is 12.8 Å². The monoisotopic (exact) mass is 293 g/mol. The summed E-state index contributed by atoms with van der Waals surface area (Å²) in [6, 6.07) is 14.7. The molecule has 0 heterocycles. The van der Waals surface area contributed by atoms with Gasteiger partial charge in [-0.1, -0.05) is 44.2 Å². The van der Waals surface area contributed by atoms with Crippen molar-refractivity contribution in [3.05, 3.63) is 59.2 Å². The smallest absolute Gasteiger partial charge is 0.307 e. The third-order valence-electron chi connectivity index (χ3n) is 3.53. The fraction of sp³-hybridized carbons (Fsp3) is 0.222. The highest BCUT2D eigenvalue weighted by molar-refractivity contribution is 6.01. The van der Waals surface area contributed by atoms with Crippen molar-refractivity contribution in [2.45, 2.75) is 26.7 Å². The quantitative estimate of drug-likeness (QED) is 0.881. The minimum Gasteiger partial charge on any atom is -0.307 e. The van der Waals surface area contributed by atoms with E-state index in [2.05, 4.69) is 30.6 Å². The average molecular weight is 293 g/mol. The molecule has 2 aromatic carbocycles. The van der Waals surface area contributed by atoms with Crippen LogP contribution in [0.25, 0.3) is 0 Å². The number of nitrogens with one attached hydrogen (secondary N) is 2. The lowest BCUT2D eigenvalue weighted by Crippen LogP contribution is -2.21. The zero-order valence-corrected chi connectivity index (χ0v) is 12.8. The minimum atomic E-state index is -0.335. The summed E-state index contributed by atoms with van der Waals surface area (Å²) in [7, 11) is 0. The van der Waals surface area contributed by atoms with Crippen LogP contribution in [0.5, 0.6) is 0 Å². The van der Waals surface area contributed by atoms with Gasteiger partial charge in [0, 0.05) is 5.69 Å². The highest BCUT2D eigenvalue weighted by Crippen LogP contribution is 2.23. The highest BCUT2D eigenvalue weighted by Gasteiger charge is 2.11. The normalized spacial score (nSPS) is 9.86. The number of nitrogens with zero attached hydrogens (tertiary/aromatic N) is 1. The third-order valence-corrected chi connectivity index (χ3v) is 3.53. The second kappa shape index (κ2) is 7.28. The second-order valence-electron chi connectivity index (χ2n) is 4.89. The molecule has 0 radical (unpaired) electrons. The van der Waals surface area contributed by atoms with E-state index in [9.17, 15) is 4.79 Å². The topological polar surface area (TPSA) is 64.9 Å². The van der Waals surface area contributed by atoms with Crippen molar-refractivity contribution in [2.75, 3.05) is 10.6 Å². The van der Waals surface area contributed by atoms with Crippen LogP contribution in [0, 0.1) is 11.3 Å². The Labute approximate surface area is 130 Å². The predicted molar refractivity (Wildman–Crippen MR) is 89.0 cm³/mol. The maximum Gasteiger partial charge on any atom is 0.323 e. The van der Waals surface area contributed by atoms with Gasteiger partial charge in [-0.2, -0.15) is 5.26 Å². The molecule has 4 nitrogen and oxygen atoms in total. The molecule has 0 unspecified atom stereocenters. The lowest BCUT2D eigenvalue weighted by Gasteiger charge is -2.15. The molecule has 22 heavy (non-hydrogen) atoms. The number of nitriles is 1. The van der Waals surface area contributed by atoms with E-state index in [1.165, 1.54) is 0 Å². The second-order valence-corrected chi connectivity index (χ2v) is 4.89. The van der Waals surface area contributed by atoms with Crippen molar-refractivity contribution in [1.29, 1.82) is 5.26 Å². The van der Waals surface area contributed by atoms with Gasteiger partial charge in [0.25, 0.3) is 0 Å². The molecule has 112 valence electrons. The number of hydrogen-bond acceptors (Lipinski definition) is 2. The van der Waals surface area contributed by atoms with Gasteiger partial charge in [0.05, 0.1) is 11.3 Å². The van der Waals surface area contributed by atoms with Crippen LogP contribution in [-0.4, -0.2) is 6.03 Å². The first-order valence-corrected chi connectivity index (χ1v) is 7.37. The molecule has 0 aliphatic rings. The van der Waals surface area contributed by atoms with Crippen LogP contribution in [0.2, 0.25) is 0 Å². The molecule has 0 aliphatic heterocycles. The number of benzene rings is 2. The number of carbonyl (C=O) groups excluding carboxylic acids is 1. The van der Waals surface area contributed by atoms with Crippen LogP contribution in [0.3, 0.4) is 0 Å². The van der Waals surface area contributed by atoms with Gasteiger partial charge in [-0.15, -0.1) is 0 Å². The molecule has 0 aromatic heterocycles. The van der Waals surface area contributed by atoms with Gasteiger partial charge in [-0.05, 0) is 36.1 Å². The summed E-state index contributed by atoms with van der Waals surface area (Å²) in [5.74, 6) is 0. The molecule has 0 fully saturated rings. The lowest BCUT2D eigenvalue weighted by molar-refractivity contribution is 0.262. The number of urea groups is 1. The van der Waals surface area contributed by atoms with Gasteiger partial charge in [-0.3, -0.25) is 0 Å². The van der Waals surface area contributed by atoms with Crippen LogP contribution < -0.4 is 10.6 Å². The van der Waals surface area contributed by atoms with E-state index in [1.54, 1.807) is 24.3 Å². The molecular weight excluding hydrogens is 274 g/mol. The molecule has 2 aromatic rings. The Morgan fingerprint density at radius 1 is 1.00 bits per heavy atom. The number of rotatable bonds is 4. The molecule has 0 saturated carbocycles. The summed E-state index contributed by atoms with van der Waals surface area (Å²) in [6.07, 6.45) is 1.69. The molecule has 2 rings (SSSR count). The van der Waals surface area contributed by atoms with E-state index in [0.717, 1.165) is 29.7 Å². The van der Waals surface area contributed by atoms with E-state index in [1.807, 2.05) is 18.2 Å². The molecule has 0 aliphatic carbocycles. The van der Waals surface area contributed by atoms with Crippen molar-refractivity contribution >= 4 is 17.4 Å². The van der Waals surface area contributed by atoms with Crippen LogP contribution in [0.4, 0.5) is 16.2 Å². The Morgan fingerprint density at radius 2 is 1.64 bits per heavy atom. The lowest BCUT2D eigenvalue weighted by atomic mass is 10.0. The predicted octanol–water partition coefficient (Wildman–Crippen LogP) is 4.33. The first kappa shape index (κ1) is 15.6. The number of para-hydroxylation sites is 2. The number of carbonyl (C=O) groups is 1. The zero-order chi connectivity index (χ0) is 15.9. The molecule has 4 heteroatoms. The highest BCUT2D eigenvalue weighted by atomic mass is 16.2. The Balaban J connectivity index is 2.21. The molecule has 0 spiro atoms. The number of anilines is 2. The van der Waals surface area contributed by atoms with Gasteiger partial charge in [-0.25, -0.2) is 4.79 Å². The standard InChI is InChI=1S/C18H19N3O/c1-3-13-9-7-10-14(4-2)17(13)21-18(22)20-16-11-6-5-8-15(16)12-19/h5-11H,3-4H2,1-2H3,(H2,20,21,22). The van der Waals surface area contributed by atoms with E-state index in [4.69, 9.17) is 5.26 Å². The number of hydrogen-bond donors (Lipinski definition) is 2. The van der Waals surface area contributed by atoms with E-state index < -0.39 is 0 Å². The summed E-state index contributed by atoms with van der Waals surface area (Å²) in [6.45, 7) is 4.12. The average Bonchev–Trinajstić information content (AvgIpc) is 2.55. The first-order valence-electron chi connectivity index (χ1n) is 7.37. The molecule has 0 bridgehead atoms. The molecule has 2 amide bonds. The van der Waals surface area contributed by atoms with E-state index in [-0.39, 0.29) is 6.03 Å². The van der Waals surface area contributed by atoms with Crippen molar-refractivity contribution in [3.8, 4) is 6.07 Å². The van der Waals surface area contributed by atoms with Gasteiger partial charge in [0.15, 0.2) is 0 Å². The summed E-state index contributed by atoms with van der Waals surface area (Å²) < 4.78 is 0. The summed E-state index contributed by atoms with van der Waals surface area (Å²) in [4.78, 5) is 12.3. The largest absolute Gasteiger partial charge is 0.323 e. The Hall–Kier alpha value is -2.80. The fourth-order valence-electron chi connectivity index (χ4n) is 2.36. The summed E-state index contributed by atoms with van der Waals surface area (Å²) in [5.41, 5.74) is 4.01. The van der Waals surface area contributed by atoms with E-state index in [0.29, 0.717) is 11.3 Å². The van der Waals surface area contributed by atoms with Gasteiger partial charge in [0.1, 0.15) is 6.07 Å². The fourth-order valence-corrected chi connectivity index (χ4v) is 2.36. The van der Waals surface area contributed by atoms with E-state index >= 15 is 0 Å². The SMILES string of the molecule is CCc1cccc(CC)c1NC(=O)Nc1ccccc1C#N. The first-order chi connectivity index (χ1) is 10.7. The van der Waals surface area contributed by atoms with Crippen molar-refractivity contribution in [2.24, 2.45) is 0 Å². The molecule has 2 N–H and O–H groups in total. The number of aryl methyl sites for hydroxylation is 2. The van der Waals surface area contributed by atoms with Crippen molar-refractivity contribution in [1.82, 2.24) is 0 Å². The molecule has 0 atom stereocenters. The van der Waals surface area contributed by atoms with Crippen LogP contribution >= 0.6 is 0 Å². The van der Waals surface area contributed by atoms with Crippen LogP contribution in [0.1, 0.15) is 30.5 Å². The van der Waals surface area contributed by atoms with Gasteiger partial charge < -0.3 is 10.6 Å². The minimum absolute atomic E-state index is 0.335. The Morgan fingerprint density at radius 3 is 2.23 bits per heavy atom. The van der Waals surface area contributed by atoms with Crippen molar-refractivity contribution < 1.29 is 4.79 Å². The molecular formula is C18H19N3O. The van der Waals surface area contributed by atoms with Crippen molar-refractivity contribution in [3.63, 3.8) is 0 Å². The maximum atomic E-state index is 12.3. The van der Waals surface area contributed by atoms with Gasteiger partial charge in [0.2, 0.25) is 0 Å². The Bertz CT molecular complexity index is 694. The molecule has 0 saturated heterocycles. The third kappa shape index (κ3) is 3.44. The summed E-state index contributed by atoms with van der Waals surface area (Å²) in [5, 5.41) is 14.7. The Kier molecular flexibility index (Phi) is 5.16. The maximum absolute atomic E-state index is 12.3. The summed E-state index contributed by atoms with van der Waals surface area (Å²) >= 11 is 0. The van der Waals surface area contributed by atoms with Crippen LogP contribution in [0.15, 0.2) is 42.5 Å².